The summed E-state index contributed by atoms with van der Waals surface area (Å²) in [4.78, 5) is 11.6. The van der Waals surface area contributed by atoms with Gasteiger partial charge in [-0.2, -0.15) is 13.2 Å². The molecule has 0 unspecified atom stereocenters. The molecule has 0 radical (unpaired) electrons. The Balaban J connectivity index is 1.83. The van der Waals surface area contributed by atoms with Crippen LogP contribution in [-0.4, -0.2) is 15.6 Å². The van der Waals surface area contributed by atoms with Gasteiger partial charge in [-0.15, -0.1) is 0 Å². The van der Waals surface area contributed by atoms with E-state index in [-0.39, 0.29) is 5.69 Å². The fourth-order valence-electron chi connectivity index (χ4n) is 3.68. The van der Waals surface area contributed by atoms with E-state index >= 15 is 0 Å². The number of carboxylic acids is 1. The van der Waals surface area contributed by atoms with Gasteiger partial charge in [0, 0.05) is 21.4 Å². The van der Waals surface area contributed by atoms with E-state index < -0.39 is 23.3 Å². The Bertz CT molecular complexity index is 1350. The van der Waals surface area contributed by atoms with Crippen molar-refractivity contribution in [2.75, 3.05) is 0 Å². The van der Waals surface area contributed by atoms with Crippen LogP contribution in [0, 0.1) is 6.92 Å². The molecule has 1 heterocycles. The normalized spacial score (nSPS) is 11.4. The molecule has 0 aliphatic carbocycles. The van der Waals surface area contributed by atoms with E-state index in [2.05, 4.69) is 15.9 Å². The Kier molecular flexibility index (Phi) is 6.52. The third-order valence-corrected chi connectivity index (χ3v) is 5.78. The molecule has 0 spiro atoms. The summed E-state index contributed by atoms with van der Waals surface area (Å²) in [7, 11) is 0. The van der Waals surface area contributed by atoms with Crippen LogP contribution in [0.3, 0.4) is 0 Å². The average Bonchev–Trinajstić information content (AvgIpc) is 3.18. The first-order valence-electron chi connectivity index (χ1n) is 10.2. The first kappa shape index (κ1) is 23.6. The molecule has 0 amide bonds. The van der Waals surface area contributed by atoms with Gasteiger partial charge >= 0.3 is 12.1 Å². The summed E-state index contributed by atoms with van der Waals surface area (Å²) < 4.78 is 49.0. The molecular weight excluding hydrogens is 511 g/mol. The maximum absolute atomic E-state index is 13.5. The number of hydrogen-bond donors (Lipinski definition) is 1. The summed E-state index contributed by atoms with van der Waals surface area (Å²) in [6.45, 7) is 2.05. The number of alkyl halides is 3. The summed E-state index contributed by atoms with van der Waals surface area (Å²) in [6, 6.07) is 21.3. The highest BCUT2D eigenvalue weighted by Gasteiger charge is 2.32. The zero-order valence-corrected chi connectivity index (χ0v) is 19.5. The molecule has 174 valence electrons. The summed E-state index contributed by atoms with van der Waals surface area (Å²) in [5.74, 6) is -0.905. The van der Waals surface area contributed by atoms with E-state index in [9.17, 15) is 23.1 Å². The number of nitrogens with zero attached hydrogens (tertiary/aromatic N) is 1. The Morgan fingerprint density at radius 1 is 1.00 bits per heavy atom. The van der Waals surface area contributed by atoms with Crippen LogP contribution in [0.1, 0.15) is 27.2 Å². The van der Waals surface area contributed by atoms with Crippen molar-refractivity contribution in [3.05, 3.63) is 106 Å². The number of benzene rings is 3. The van der Waals surface area contributed by atoms with Crippen LogP contribution in [0.15, 0.2) is 83.3 Å². The third-order valence-electron chi connectivity index (χ3n) is 5.28. The minimum atomic E-state index is -4.69. The second-order valence-electron chi connectivity index (χ2n) is 7.68. The lowest BCUT2D eigenvalue weighted by molar-refractivity contribution is -0.137. The van der Waals surface area contributed by atoms with Crippen molar-refractivity contribution in [3.8, 4) is 22.7 Å². The van der Waals surface area contributed by atoms with Gasteiger partial charge in [0.25, 0.3) is 0 Å². The van der Waals surface area contributed by atoms with Gasteiger partial charge in [0.15, 0.2) is 0 Å². The monoisotopic (exact) mass is 529 g/mol. The number of carboxylic acid groups (broad SMARTS) is 1. The van der Waals surface area contributed by atoms with Gasteiger partial charge in [0.1, 0.15) is 12.4 Å². The van der Waals surface area contributed by atoms with Crippen molar-refractivity contribution >= 4 is 21.9 Å². The first-order valence-corrected chi connectivity index (χ1v) is 11.0. The summed E-state index contributed by atoms with van der Waals surface area (Å²) in [5, 5.41) is 9.40. The van der Waals surface area contributed by atoms with Crippen LogP contribution >= 0.6 is 15.9 Å². The maximum Gasteiger partial charge on any atom is 0.416 e. The third kappa shape index (κ3) is 5.02. The van der Waals surface area contributed by atoms with Gasteiger partial charge in [0.2, 0.25) is 0 Å². The molecule has 4 aromatic rings. The van der Waals surface area contributed by atoms with E-state index in [1.165, 1.54) is 6.07 Å². The van der Waals surface area contributed by atoms with E-state index in [0.717, 1.165) is 16.1 Å². The van der Waals surface area contributed by atoms with Crippen molar-refractivity contribution in [1.29, 1.82) is 0 Å². The summed E-state index contributed by atoms with van der Waals surface area (Å²) in [6.07, 6.45) is -4.69. The fraction of sp³-hybridized carbons (Fsp3) is 0.115. The quantitative estimate of drug-likeness (QED) is 0.281. The molecule has 1 aromatic heterocycles. The number of aromatic nitrogens is 1. The van der Waals surface area contributed by atoms with Crippen LogP contribution in [-0.2, 0) is 12.8 Å². The van der Waals surface area contributed by atoms with E-state index in [0.29, 0.717) is 35.4 Å². The predicted molar refractivity (Wildman–Crippen MR) is 126 cm³/mol. The number of hydrogen-bond acceptors (Lipinski definition) is 2. The number of rotatable bonds is 6. The number of carbonyl (C=O) groups is 1. The molecule has 8 heteroatoms. The molecule has 4 nitrogen and oxygen atoms in total. The van der Waals surface area contributed by atoms with E-state index in [1.54, 1.807) is 35.8 Å². The van der Waals surface area contributed by atoms with Crippen LogP contribution in [0.2, 0.25) is 0 Å². The van der Waals surface area contributed by atoms with Gasteiger partial charge in [-0.25, -0.2) is 4.79 Å². The molecule has 0 fully saturated rings. The molecule has 3 aromatic carbocycles. The lowest BCUT2D eigenvalue weighted by Crippen LogP contribution is -2.10. The van der Waals surface area contributed by atoms with E-state index in [1.807, 2.05) is 36.4 Å². The molecule has 0 aliphatic rings. The summed E-state index contributed by atoms with van der Waals surface area (Å²) >= 11 is 3.44. The molecule has 34 heavy (non-hydrogen) atoms. The smallest absolute Gasteiger partial charge is 0.416 e. The molecule has 0 saturated heterocycles. The fourth-order valence-corrected chi connectivity index (χ4v) is 4.02. The topological polar surface area (TPSA) is 51.5 Å². The Morgan fingerprint density at radius 2 is 1.74 bits per heavy atom. The van der Waals surface area contributed by atoms with Crippen LogP contribution < -0.4 is 4.74 Å². The van der Waals surface area contributed by atoms with E-state index in [4.69, 9.17) is 4.74 Å². The van der Waals surface area contributed by atoms with Gasteiger partial charge in [-0.05, 0) is 61.0 Å². The minimum Gasteiger partial charge on any atom is -0.488 e. The minimum absolute atomic E-state index is 0.0988. The number of aromatic carboxylic acids is 1. The second-order valence-corrected chi connectivity index (χ2v) is 8.60. The Hall–Kier alpha value is -3.52. The molecular formula is C26H19BrF3NO3. The number of halogens is 4. The van der Waals surface area contributed by atoms with Gasteiger partial charge in [-0.1, -0.05) is 46.3 Å². The molecule has 4 rings (SSSR count). The zero-order valence-electron chi connectivity index (χ0n) is 17.9. The standard InChI is InChI=1S/C26H19BrF3NO3/c1-16-7-10-23(31(16)21-12-18(25(32)33)11-19(13-21)26(28,29)30)22-9-8-20(27)14-24(22)34-15-17-5-3-2-4-6-17/h2-14H,15H2,1H3,(H,32,33). The zero-order chi connectivity index (χ0) is 24.5. The first-order chi connectivity index (χ1) is 16.1. The molecule has 1 N–H and O–H groups in total. The highest BCUT2D eigenvalue weighted by molar-refractivity contribution is 9.10. The Labute approximate surface area is 202 Å². The lowest BCUT2D eigenvalue weighted by atomic mass is 10.1. The second kappa shape index (κ2) is 9.38. The molecule has 0 saturated carbocycles. The van der Waals surface area contributed by atoms with Crippen molar-refractivity contribution in [2.24, 2.45) is 0 Å². The predicted octanol–water partition coefficient (Wildman–Crippen LogP) is 7.51. The SMILES string of the molecule is Cc1ccc(-c2ccc(Br)cc2OCc2ccccc2)n1-c1cc(C(=O)O)cc(C(F)(F)F)c1. The van der Waals surface area contributed by atoms with Crippen molar-refractivity contribution < 1.29 is 27.8 Å². The van der Waals surface area contributed by atoms with Crippen LogP contribution in [0.5, 0.6) is 5.75 Å². The largest absolute Gasteiger partial charge is 0.488 e. The summed E-state index contributed by atoms with van der Waals surface area (Å²) in [5.41, 5.74) is 1.46. The number of aryl methyl sites for hydroxylation is 1. The Morgan fingerprint density at radius 3 is 2.41 bits per heavy atom. The number of ether oxygens (including phenoxy) is 1. The van der Waals surface area contributed by atoms with Gasteiger partial charge in [0.05, 0.1) is 16.8 Å². The van der Waals surface area contributed by atoms with Gasteiger partial charge in [-0.3, -0.25) is 0 Å². The van der Waals surface area contributed by atoms with Crippen LogP contribution in [0.4, 0.5) is 13.2 Å². The van der Waals surface area contributed by atoms with Crippen molar-refractivity contribution in [3.63, 3.8) is 0 Å². The highest BCUT2D eigenvalue weighted by Crippen LogP contribution is 2.38. The molecule has 0 aliphatic heterocycles. The average molecular weight is 530 g/mol. The lowest BCUT2D eigenvalue weighted by Gasteiger charge is -2.18. The maximum atomic E-state index is 13.5. The van der Waals surface area contributed by atoms with Crippen molar-refractivity contribution in [2.45, 2.75) is 19.7 Å². The highest BCUT2D eigenvalue weighted by atomic mass is 79.9. The van der Waals surface area contributed by atoms with Crippen molar-refractivity contribution in [1.82, 2.24) is 4.57 Å². The van der Waals surface area contributed by atoms with Gasteiger partial charge < -0.3 is 14.4 Å². The molecule has 0 bridgehead atoms. The molecule has 0 atom stereocenters. The van der Waals surface area contributed by atoms with Crippen LogP contribution in [0.25, 0.3) is 16.9 Å².